The predicted molar refractivity (Wildman–Crippen MR) is 87.3 cm³/mol. The van der Waals surface area contributed by atoms with Gasteiger partial charge in [-0.05, 0) is 0 Å². The van der Waals surface area contributed by atoms with Crippen molar-refractivity contribution in [2.75, 3.05) is 26.2 Å². The van der Waals surface area contributed by atoms with Crippen LogP contribution in [-0.2, 0) is 0 Å². The maximum atomic E-state index is 6.53. The Hall–Kier alpha value is 0.720. The molecule has 0 fully saturated rings. The predicted octanol–water partition coefficient (Wildman–Crippen LogP) is 6.50. The van der Waals surface area contributed by atoms with Gasteiger partial charge in [-0.25, -0.2) is 0 Å². The fraction of sp³-hybridized carbons (Fsp3) is 1.00. The molecule has 0 aromatic carbocycles. The number of unbranched alkanes of at least 4 members (excludes halogenated alkanes) is 9. The van der Waals surface area contributed by atoms with Crippen molar-refractivity contribution in [3.8, 4) is 0 Å². The van der Waals surface area contributed by atoms with Crippen LogP contribution in [0.15, 0.2) is 0 Å². The van der Waals surface area contributed by atoms with Gasteiger partial charge in [-0.1, -0.05) is 0 Å². The fourth-order valence-electron chi connectivity index (χ4n) is 2.13. The van der Waals surface area contributed by atoms with E-state index in [4.69, 9.17) is 11.2 Å². The summed E-state index contributed by atoms with van der Waals surface area (Å²) in [5.74, 6) is -1.73. The van der Waals surface area contributed by atoms with Crippen LogP contribution in [0, 0.1) is 0 Å². The van der Waals surface area contributed by atoms with Gasteiger partial charge in [-0.3, -0.25) is 0 Å². The molecule has 106 valence electrons. The van der Waals surface area contributed by atoms with Crippen LogP contribution in [0.2, 0.25) is 0 Å². The number of hydrogen-bond acceptors (Lipinski definition) is 0. The van der Waals surface area contributed by atoms with Gasteiger partial charge in [0.25, 0.3) is 0 Å². The molecule has 0 N–H and O–H groups in total. The van der Waals surface area contributed by atoms with Crippen LogP contribution in [-0.4, -0.2) is 26.2 Å². The summed E-state index contributed by atoms with van der Waals surface area (Å²) >= 11 is 6.53. The fourth-order valence-corrected chi connectivity index (χ4v) is 3.78. The number of rotatable bonds is 11. The third-order valence-electron chi connectivity index (χ3n) is 3.27. The van der Waals surface area contributed by atoms with Crippen LogP contribution in [0.1, 0.15) is 71.1 Å². The average molecular weight is 281 g/mol. The zero-order valence-electron chi connectivity index (χ0n) is 12.6. The molecule has 17 heavy (non-hydrogen) atoms. The van der Waals surface area contributed by atoms with Crippen molar-refractivity contribution in [2.45, 2.75) is 71.1 Å². The van der Waals surface area contributed by atoms with Crippen molar-refractivity contribution < 1.29 is 0 Å². The first-order valence-corrected chi connectivity index (χ1v) is 12.2. The summed E-state index contributed by atoms with van der Waals surface area (Å²) < 4.78 is 0. The zero-order valence-corrected chi connectivity index (χ0v) is 14.3. The summed E-state index contributed by atoms with van der Waals surface area (Å²) in [6, 6.07) is 0. The second kappa shape index (κ2) is 8.76. The van der Waals surface area contributed by atoms with Crippen molar-refractivity contribution in [1.82, 2.24) is 0 Å². The van der Waals surface area contributed by atoms with E-state index in [0.29, 0.717) is 0 Å². The van der Waals surface area contributed by atoms with Gasteiger partial charge >= 0.3 is 114 Å². The molecule has 0 aliphatic heterocycles. The van der Waals surface area contributed by atoms with E-state index in [9.17, 15) is 0 Å². The van der Waals surface area contributed by atoms with Crippen LogP contribution < -0.4 is 0 Å². The Bertz CT molecular complexity index is 172. The molecule has 0 saturated carbocycles. The molecule has 0 nitrogen and oxygen atoms in total. The Labute approximate surface area is 115 Å². The van der Waals surface area contributed by atoms with E-state index in [1.807, 2.05) is 0 Å². The van der Waals surface area contributed by atoms with Gasteiger partial charge in [0.05, 0.1) is 0 Å². The van der Waals surface area contributed by atoms with E-state index in [-0.39, 0.29) is 0 Å². The van der Waals surface area contributed by atoms with Crippen molar-refractivity contribution in [2.24, 2.45) is 0 Å². The van der Waals surface area contributed by atoms with Crippen molar-refractivity contribution in [1.29, 1.82) is 0 Å². The number of hydrogen-bond donors (Lipinski definition) is 0. The third-order valence-corrected chi connectivity index (χ3v) is 5.60. The molecule has 0 spiro atoms. The standard InChI is InChI=1S/C15H34ClP/c1-5-6-7-8-9-10-11-12-13-14-15-17(2,3,4)16/h5-15H2,1-4H3. The summed E-state index contributed by atoms with van der Waals surface area (Å²) in [6.45, 7) is 9.07. The van der Waals surface area contributed by atoms with Crippen molar-refractivity contribution >= 4 is 17.2 Å². The van der Waals surface area contributed by atoms with E-state index >= 15 is 0 Å². The first-order valence-electron chi connectivity index (χ1n) is 7.53. The second-order valence-electron chi connectivity index (χ2n) is 6.82. The zero-order chi connectivity index (χ0) is 13.2. The van der Waals surface area contributed by atoms with Gasteiger partial charge in [0.1, 0.15) is 0 Å². The molecule has 0 heterocycles. The van der Waals surface area contributed by atoms with Gasteiger partial charge in [0, 0.05) is 0 Å². The van der Waals surface area contributed by atoms with Crippen LogP contribution in [0.5, 0.6) is 0 Å². The molecule has 0 rings (SSSR count). The Morgan fingerprint density at radius 1 is 0.647 bits per heavy atom. The molecule has 0 bridgehead atoms. The molecule has 0 aliphatic carbocycles. The second-order valence-corrected chi connectivity index (χ2v) is 16.9. The van der Waals surface area contributed by atoms with E-state index in [1.54, 1.807) is 0 Å². The van der Waals surface area contributed by atoms with Crippen molar-refractivity contribution in [3.63, 3.8) is 0 Å². The molecular weight excluding hydrogens is 247 g/mol. The maximum absolute atomic E-state index is 6.53. The van der Waals surface area contributed by atoms with E-state index in [2.05, 4.69) is 26.9 Å². The van der Waals surface area contributed by atoms with Crippen molar-refractivity contribution in [3.05, 3.63) is 0 Å². The molecule has 0 saturated heterocycles. The molecule has 0 aliphatic rings. The van der Waals surface area contributed by atoms with Gasteiger partial charge < -0.3 is 0 Å². The normalized spacial score (nSPS) is 14.5. The summed E-state index contributed by atoms with van der Waals surface area (Å²) in [7, 11) is 0. The van der Waals surface area contributed by atoms with Crippen LogP contribution in [0.25, 0.3) is 0 Å². The van der Waals surface area contributed by atoms with Crippen LogP contribution >= 0.6 is 17.2 Å². The van der Waals surface area contributed by atoms with E-state index in [1.165, 1.54) is 70.4 Å². The topological polar surface area (TPSA) is 0 Å². The monoisotopic (exact) mass is 280 g/mol. The number of halogens is 1. The molecule has 0 amide bonds. The SMILES string of the molecule is CCCCCCCCCCCCP(C)(C)(C)Cl. The Kier molecular flexibility index (Phi) is 9.13. The van der Waals surface area contributed by atoms with Gasteiger partial charge in [0.2, 0.25) is 0 Å². The molecule has 0 atom stereocenters. The van der Waals surface area contributed by atoms with Crippen LogP contribution in [0.3, 0.4) is 0 Å². The first-order chi connectivity index (χ1) is 7.81. The van der Waals surface area contributed by atoms with Gasteiger partial charge in [-0.15, -0.1) is 0 Å². The molecule has 0 aromatic rings. The molecule has 0 radical (unpaired) electrons. The molecular formula is C15H34ClP. The summed E-state index contributed by atoms with van der Waals surface area (Å²) in [4.78, 5) is 0. The Morgan fingerprint density at radius 2 is 1.00 bits per heavy atom. The summed E-state index contributed by atoms with van der Waals surface area (Å²) in [5.41, 5.74) is 0. The molecule has 0 aromatic heterocycles. The van der Waals surface area contributed by atoms with E-state index < -0.39 is 5.96 Å². The molecule has 2 heteroatoms. The average Bonchev–Trinajstić information content (AvgIpc) is 2.18. The minimum absolute atomic E-state index is 1.25. The molecule has 0 unspecified atom stereocenters. The third kappa shape index (κ3) is 16.7. The summed E-state index contributed by atoms with van der Waals surface area (Å²) in [5, 5.41) is 0. The first kappa shape index (κ1) is 17.7. The summed E-state index contributed by atoms with van der Waals surface area (Å²) in [6.07, 6.45) is 15.4. The Morgan fingerprint density at radius 3 is 1.35 bits per heavy atom. The quantitative estimate of drug-likeness (QED) is 0.299. The minimum atomic E-state index is -1.73. The Balaban J connectivity index is 3.15. The van der Waals surface area contributed by atoms with Crippen LogP contribution in [0.4, 0.5) is 0 Å². The van der Waals surface area contributed by atoms with Gasteiger partial charge in [0.15, 0.2) is 0 Å². The van der Waals surface area contributed by atoms with Gasteiger partial charge in [-0.2, -0.15) is 0 Å². The van der Waals surface area contributed by atoms with E-state index in [0.717, 1.165) is 0 Å².